The molecule has 0 fully saturated rings. The average molecular weight is 290 g/mol. The number of carbonyl (C=O) groups excluding carboxylic acids is 1. The van der Waals surface area contributed by atoms with Crippen molar-refractivity contribution in [2.24, 2.45) is 0 Å². The fourth-order valence-electron chi connectivity index (χ4n) is 1.78. The van der Waals surface area contributed by atoms with Gasteiger partial charge in [0.1, 0.15) is 5.69 Å². The molecule has 1 aromatic carbocycles. The summed E-state index contributed by atoms with van der Waals surface area (Å²) >= 11 is 0. The summed E-state index contributed by atoms with van der Waals surface area (Å²) in [5, 5.41) is 23.9. The highest BCUT2D eigenvalue weighted by Gasteiger charge is 2.16. The van der Waals surface area contributed by atoms with Crippen LogP contribution < -0.4 is 10.6 Å². The lowest BCUT2D eigenvalue weighted by atomic mass is 10.1. The second-order valence-corrected chi connectivity index (χ2v) is 4.16. The molecule has 0 saturated heterocycles. The molecule has 0 radical (unpaired) electrons. The van der Waals surface area contributed by atoms with Gasteiger partial charge < -0.3 is 10.6 Å². The SMILES string of the molecule is CNC(=O)c1ccc([N+](=O)[O-])c(NCCn2ccnn2)c1. The summed E-state index contributed by atoms with van der Waals surface area (Å²) in [5.74, 6) is -0.302. The molecule has 2 aromatic rings. The number of anilines is 1. The number of nitrogens with one attached hydrogen (secondary N) is 2. The first-order valence-corrected chi connectivity index (χ1v) is 6.20. The van der Waals surface area contributed by atoms with E-state index < -0.39 is 4.92 Å². The van der Waals surface area contributed by atoms with Crippen molar-refractivity contribution in [3.05, 3.63) is 46.3 Å². The fraction of sp³-hybridized carbons (Fsp3) is 0.250. The van der Waals surface area contributed by atoms with E-state index in [-0.39, 0.29) is 11.6 Å². The van der Waals surface area contributed by atoms with E-state index in [2.05, 4.69) is 20.9 Å². The van der Waals surface area contributed by atoms with Crippen molar-refractivity contribution in [3.63, 3.8) is 0 Å². The van der Waals surface area contributed by atoms with Crippen LogP contribution >= 0.6 is 0 Å². The minimum absolute atomic E-state index is 0.0822. The molecular formula is C12H14N6O3. The van der Waals surface area contributed by atoms with E-state index >= 15 is 0 Å². The normalized spacial score (nSPS) is 10.1. The first-order chi connectivity index (χ1) is 10.1. The maximum absolute atomic E-state index is 11.6. The van der Waals surface area contributed by atoms with E-state index in [1.807, 2.05) is 0 Å². The van der Waals surface area contributed by atoms with Crippen molar-refractivity contribution < 1.29 is 9.72 Å². The molecule has 0 bridgehead atoms. The number of nitrogens with zero attached hydrogens (tertiary/aromatic N) is 4. The molecule has 0 unspecified atom stereocenters. The number of hydrogen-bond donors (Lipinski definition) is 2. The smallest absolute Gasteiger partial charge is 0.292 e. The number of benzene rings is 1. The Balaban J connectivity index is 2.14. The zero-order valence-electron chi connectivity index (χ0n) is 11.3. The van der Waals surface area contributed by atoms with Gasteiger partial charge in [0.2, 0.25) is 0 Å². The Labute approximate surface area is 120 Å². The predicted octanol–water partition coefficient (Wildman–Crippen LogP) is 0.658. The summed E-state index contributed by atoms with van der Waals surface area (Å²) in [6, 6.07) is 4.18. The molecule has 9 heteroatoms. The van der Waals surface area contributed by atoms with Crippen LogP contribution in [0.15, 0.2) is 30.6 Å². The number of aromatic nitrogens is 3. The van der Waals surface area contributed by atoms with Crippen LogP contribution in [-0.2, 0) is 6.54 Å². The first-order valence-electron chi connectivity index (χ1n) is 6.20. The van der Waals surface area contributed by atoms with Crippen LogP contribution in [-0.4, -0.2) is 39.4 Å². The lowest BCUT2D eigenvalue weighted by Crippen LogP contribution is -2.18. The summed E-state index contributed by atoms with van der Waals surface area (Å²) in [5.41, 5.74) is 0.564. The molecule has 0 aliphatic rings. The second kappa shape index (κ2) is 6.46. The number of rotatable bonds is 6. The molecule has 110 valence electrons. The third-order valence-corrected chi connectivity index (χ3v) is 2.81. The molecule has 1 aromatic heterocycles. The average Bonchev–Trinajstić information content (AvgIpc) is 2.99. The van der Waals surface area contributed by atoms with Gasteiger partial charge in [-0.05, 0) is 12.1 Å². The van der Waals surface area contributed by atoms with Gasteiger partial charge in [-0.15, -0.1) is 5.10 Å². The molecule has 0 aliphatic carbocycles. The van der Waals surface area contributed by atoms with Crippen LogP contribution in [0, 0.1) is 10.1 Å². The van der Waals surface area contributed by atoms with E-state index in [1.165, 1.54) is 25.2 Å². The maximum Gasteiger partial charge on any atom is 0.292 e. The fourth-order valence-corrected chi connectivity index (χ4v) is 1.78. The van der Waals surface area contributed by atoms with Gasteiger partial charge in [0.15, 0.2) is 0 Å². The molecule has 0 aliphatic heterocycles. The number of amides is 1. The van der Waals surface area contributed by atoms with E-state index in [9.17, 15) is 14.9 Å². The topological polar surface area (TPSA) is 115 Å². The van der Waals surface area contributed by atoms with Gasteiger partial charge >= 0.3 is 0 Å². The van der Waals surface area contributed by atoms with E-state index in [4.69, 9.17) is 0 Å². The predicted molar refractivity (Wildman–Crippen MR) is 75.0 cm³/mol. The Kier molecular flexibility index (Phi) is 4.44. The van der Waals surface area contributed by atoms with Gasteiger partial charge in [0.25, 0.3) is 11.6 Å². The third kappa shape index (κ3) is 3.53. The van der Waals surface area contributed by atoms with Crippen molar-refractivity contribution in [1.29, 1.82) is 0 Å². The minimum Gasteiger partial charge on any atom is -0.378 e. The van der Waals surface area contributed by atoms with Gasteiger partial charge in [-0.1, -0.05) is 5.21 Å². The van der Waals surface area contributed by atoms with Gasteiger partial charge in [-0.2, -0.15) is 0 Å². The van der Waals surface area contributed by atoms with Crippen molar-refractivity contribution in [2.45, 2.75) is 6.54 Å². The highest BCUT2D eigenvalue weighted by molar-refractivity contribution is 5.95. The van der Waals surface area contributed by atoms with Gasteiger partial charge in [0.05, 0.1) is 17.7 Å². The Morgan fingerprint density at radius 3 is 2.90 bits per heavy atom. The van der Waals surface area contributed by atoms with Crippen LogP contribution in [0.3, 0.4) is 0 Å². The van der Waals surface area contributed by atoms with Gasteiger partial charge in [-0.3, -0.25) is 19.6 Å². The first kappa shape index (κ1) is 14.4. The molecule has 1 amide bonds. The molecular weight excluding hydrogens is 276 g/mol. The molecule has 0 atom stereocenters. The standard InChI is InChI=1S/C12H14N6O3/c1-13-12(19)9-2-3-11(18(20)21)10(8-9)14-4-6-17-7-5-15-16-17/h2-3,5,7-8,14H,4,6H2,1H3,(H,13,19). The number of carbonyl (C=O) groups is 1. The maximum atomic E-state index is 11.6. The summed E-state index contributed by atoms with van der Waals surface area (Å²) in [6.45, 7) is 0.919. The third-order valence-electron chi connectivity index (χ3n) is 2.81. The van der Waals surface area contributed by atoms with Crippen LogP contribution in [0.4, 0.5) is 11.4 Å². The Morgan fingerprint density at radius 2 is 2.29 bits per heavy atom. The van der Waals surface area contributed by atoms with E-state index in [1.54, 1.807) is 17.1 Å². The number of nitro benzene ring substituents is 1. The van der Waals surface area contributed by atoms with E-state index in [0.717, 1.165) is 0 Å². The quantitative estimate of drug-likeness (QED) is 0.596. The molecule has 1 heterocycles. The number of nitro groups is 1. The number of hydrogen-bond acceptors (Lipinski definition) is 6. The zero-order chi connectivity index (χ0) is 15.2. The summed E-state index contributed by atoms with van der Waals surface area (Å²) < 4.78 is 1.60. The summed E-state index contributed by atoms with van der Waals surface area (Å²) in [6.07, 6.45) is 3.24. The largest absolute Gasteiger partial charge is 0.378 e. The highest BCUT2D eigenvalue weighted by Crippen LogP contribution is 2.25. The Bertz CT molecular complexity index is 640. The lowest BCUT2D eigenvalue weighted by molar-refractivity contribution is -0.384. The molecule has 0 spiro atoms. The van der Waals surface area contributed by atoms with Crippen molar-refractivity contribution in [1.82, 2.24) is 20.3 Å². The van der Waals surface area contributed by atoms with Gasteiger partial charge in [0, 0.05) is 31.4 Å². The van der Waals surface area contributed by atoms with Crippen LogP contribution in [0.5, 0.6) is 0 Å². The molecule has 2 rings (SSSR count). The van der Waals surface area contributed by atoms with Crippen molar-refractivity contribution >= 4 is 17.3 Å². The molecule has 9 nitrogen and oxygen atoms in total. The van der Waals surface area contributed by atoms with E-state index in [0.29, 0.717) is 24.3 Å². The summed E-state index contributed by atoms with van der Waals surface area (Å²) in [7, 11) is 1.50. The Morgan fingerprint density at radius 1 is 1.48 bits per heavy atom. The van der Waals surface area contributed by atoms with Gasteiger partial charge in [-0.25, -0.2) is 0 Å². The minimum atomic E-state index is -0.495. The monoisotopic (exact) mass is 290 g/mol. The zero-order valence-corrected chi connectivity index (χ0v) is 11.3. The van der Waals surface area contributed by atoms with Crippen LogP contribution in [0.1, 0.15) is 10.4 Å². The molecule has 0 saturated carbocycles. The molecule has 21 heavy (non-hydrogen) atoms. The van der Waals surface area contributed by atoms with Crippen molar-refractivity contribution in [2.75, 3.05) is 18.9 Å². The second-order valence-electron chi connectivity index (χ2n) is 4.16. The van der Waals surface area contributed by atoms with Crippen LogP contribution in [0.25, 0.3) is 0 Å². The van der Waals surface area contributed by atoms with Crippen molar-refractivity contribution in [3.8, 4) is 0 Å². The van der Waals surface area contributed by atoms with Crippen LogP contribution in [0.2, 0.25) is 0 Å². The highest BCUT2D eigenvalue weighted by atomic mass is 16.6. The lowest BCUT2D eigenvalue weighted by Gasteiger charge is -2.08. The molecule has 2 N–H and O–H groups in total. The summed E-state index contributed by atoms with van der Waals surface area (Å²) in [4.78, 5) is 22.1. The Hall–Kier alpha value is -2.97.